The minimum atomic E-state index is -0.404. The summed E-state index contributed by atoms with van der Waals surface area (Å²) < 4.78 is 20.0. The molecule has 0 bridgehead atoms. The van der Waals surface area contributed by atoms with Gasteiger partial charge >= 0.3 is 0 Å². The first kappa shape index (κ1) is 24.0. The Morgan fingerprint density at radius 3 is 2.82 bits per heavy atom. The maximum Gasteiger partial charge on any atom is 0.294 e. The van der Waals surface area contributed by atoms with Gasteiger partial charge in [-0.3, -0.25) is 9.59 Å². The van der Waals surface area contributed by atoms with E-state index in [1.165, 1.54) is 12.1 Å². The standard InChI is InChI=1S/C30H27FN4O3/c1-17-10-11-20-16-21(31)13-15-25(20)35(17)30(37)28-18(2)27-23(8-5-9-26(27)38-28)33-34-29(36)24-14-12-19-6-3-4-7-22(19)32-24/h3-4,6-7,12-17H,5,8-11H2,1-2H3,(H,34,36)/b33-23+. The molecule has 2 aromatic carbocycles. The average Bonchev–Trinajstić information content (AvgIpc) is 3.28. The van der Waals surface area contributed by atoms with Crippen molar-refractivity contribution in [1.82, 2.24) is 10.4 Å². The average molecular weight is 511 g/mol. The van der Waals surface area contributed by atoms with Crippen LogP contribution in [0.5, 0.6) is 0 Å². The van der Waals surface area contributed by atoms with E-state index in [2.05, 4.69) is 15.5 Å². The fourth-order valence-electron chi connectivity index (χ4n) is 5.49. The number of para-hydroxylation sites is 1. The molecule has 3 heterocycles. The first-order chi connectivity index (χ1) is 18.4. The largest absolute Gasteiger partial charge is 0.455 e. The van der Waals surface area contributed by atoms with E-state index < -0.39 is 5.91 Å². The van der Waals surface area contributed by atoms with Crippen LogP contribution >= 0.6 is 0 Å². The lowest BCUT2D eigenvalue weighted by molar-refractivity contribution is 0.0940. The van der Waals surface area contributed by atoms with Gasteiger partial charge in [0, 0.05) is 34.7 Å². The van der Waals surface area contributed by atoms with Crippen LogP contribution in [0.15, 0.2) is 64.1 Å². The second-order valence-electron chi connectivity index (χ2n) is 9.93. The molecule has 0 saturated heterocycles. The molecule has 0 saturated carbocycles. The Bertz CT molecular complexity index is 1620. The third-order valence-electron chi connectivity index (χ3n) is 7.44. The van der Waals surface area contributed by atoms with Gasteiger partial charge in [-0.05, 0) is 75.4 Å². The molecule has 0 radical (unpaired) electrons. The number of carbonyl (C=O) groups is 2. The van der Waals surface area contributed by atoms with E-state index in [0.717, 1.165) is 34.9 Å². The van der Waals surface area contributed by atoms with E-state index in [-0.39, 0.29) is 29.2 Å². The maximum absolute atomic E-state index is 13.8. The molecule has 2 aliphatic rings. The zero-order chi connectivity index (χ0) is 26.4. The molecular weight excluding hydrogens is 483 g/mol. The molecule has 1 aliphatic carbocycles. The van der Waals surface area contributed by atoms with Gasteiger partial charge in [0.25, 0.3) is 11.8 Å². The van der Waals surface area contributed by atoms with Gasteiger partial charge in [-0.15, -0.1) is 0 Å². The molecule has 1 atom stereocenters. The first-order valence-corrected chi connectivity index (χ1v) is 12.9. The number of hydrazone groups is 1. The molecule has 0 spiro atoms. The number of aromatic nitrogens is 1. The third-order valence-corrected chi connectivity index (χ3v) is 7.44. The second kappa shape index (κ2) is 9.52. The van der Waals surface area contributed by atoms with Crippen LogP contribution in [0.2, 0.25) is 0 Å². The van der Waals surface area contributed by atoms with Gasteiger partial charge in [0.1, 0.15) is 17.3 Å². The molecule has 0 fully saturated rings. The summed E-state index contributed by atoms with van der Waals surface area (Å²) in [7, 11) is 0. The summed E-state index contributed by atoms with van der Waals surface area (Å²) >= 11 is 0. The van der Waals surface area contributed by atoms with E-state index in [0.29, 0.717) is 42.0 Å². The Balaban J connectivity index is 1.29. The Morgan fingerprint density at radius 2 is 1.95 bits per heavy atom. The third kappa shape index (κ3) is 4.16. The summed E-state index contributed by atoms with van der Waals surface area (Å²) in [4.78, 5) is 32.8. The number of halogens is 1. The Morgan fingerprint density at radius 1 is 1.11 bits per heavy atom. The van der Waals surface area contributed by atoms with E-state index in [1.807, 2.05) is 44.2 Å². The fourth-order valence-corrected chi connectivity index (χ4v) is 5.49. The second-order valence-corrected chi connectivity index (χ2v) is 9.93. The summed E-state index contributed by atoms with van der Waals surface area (Å²) in [6.45, 7) is 3.84. The molecule has 1 aliphatic heterocycles. The Hall–Kier alpha value is -4.33. The van der Waals surface area contributed by atoms with Crippen LogP contribution in [0, 0.1) is 12.7 Å². The number of hydrogen-bond donors (Lipinski definition) is 1. The molecule has 192 valence electrons. The highest BCUT2D eigenvalue weighted by Crippen LogP contribution is 2.36. The van der Waals surface area contributed by atoms with Gasteiger partial charge in [0.2, 0.25) is 0 Å². The van der Waals surface area contributed by atoms with Crippen LogP contribution < -0.4 is 10.3 Å². The van der Waals surface area contributed by atoms with Crippen LogP contribution in [0.3, 0.4) is 0 Å². The van der Waals surface area contributed by atoms with Crippen molar-refractivity contribution in [3.63, 3.8) is 0 Å². The van der Waals surface area contributed by atoms with E-state index in [9.17, 15) is 14.0 Å². The van der Waals surface area contributed by atoms with Crippen LogP contribution in [-0.2, 0) is 12.8 Å². The van der Waals surface area contributed by atoms with Gasteiger partial charge < -0.3 is 9.32 Å². The van der Waals surface area contributed by atoms with Gasteiger partial charge in [-0.2, -0.15) is 5.10 Å². The molecular formula is C30H27FN4O3. The number of carbonyl (C=O) groups excluding carboxylic acids is 2. The predicted molar refractivity (Wildman–Crippen MR) is 143 cm³/mol. The van der Waals surface area contributed by atoms with E-state index in [1.54, 1.807) is 17.0 Å². The molecule has 2 amide bonds. The molecule has 8 heteroatoms. The molecule has 7 nitrogen and oxygen atoms in total. The highest BCUT2D eigenvalue weighted by atomic mass is 19.1. The summed E-state index contributed by atoms with van der Waals surface area (Å²) in [5.74, 6) is -0.00860. The summed E-state index contributed by atoms with van der Waals surface area (Å²) in [5.41, 5.74) is 7.33. The summed E-state index contributed by atoms with van der Waals surface area (Å²) in [6, 6.07) is 15.6. The lowest BCUT2D eigenvalue weighted by atomic mass is 9.92. The van der Waals surface area contributed by atoms with Crippen molar-refractivity contribution in [3.05, 3.63) is 94.3 Å². The molecule has 1 N–H and O–H groups in total. The van der Waals surface area contributed by atoms with E-state index in [4.69, 9.17) is 4.42 Å². The van der Waals surface area contributed by atoms with Crippen molar-refractivity contribution >= 4 is 34.1 Å². The monoisotopic (exact) mass is 510 g/mol. The number of aryl methyl sites for hydroxylation is 2. The molecule has 4 aromatic rings. The molecule has 2 aromatic heterocycles. The molecule has 1 unspecified atom stereocenters. The number of furan rings is 1. The number of pyridine rings is 1. The number of rotatable bonds is 3. The normalized spacial score (nSPS) is 17.8. The highest BCUT2D eigenvalue weighted by molar-refractivity contribution is 6.11. The molecule has 38 heavy (non-hydrogen) atoms. The SMILES string of the molecule is Cc1c(C(=O)N2c3ccc(F)cc3CCC2C)oc2c1/C(=N/NC(=O)c1ccc3ccccc3n1)CCC2. The lowest BCUT2D eigenvalue weighted by Crippen LogP contribution is -2.42. The van der Waals surface area contributed by atoms with Crippen LogP contribution in [0.1, 0.15) is 69.7 Å². The number of benzene rings is 2. The van der Waals surface area contributed by atoms with Crippen molar-refractivity contribution in [1.29, 1.82) is 0 Å². The smallest absolute Gasteiger partial charge is 0.294 e. The van der Waals surface area contributed by atoms with Crippen LogP contribution in [0.25, 0.3) is 10.9 Å². The number of anilines is 1. The lowest BCUT2D eigenvalue weighted by Gasteiger charge is -2.34. The zero-order valence-corrected chi connectivity index (χ0v) is 21.3. The molecule has 6 rings (SSSR count). The van der Waals surface area contributed by atoms with E-state index >= 15 is 0 Å². The maximum atomic E-state index is 13.8. The van der Waals surface area contributed by atoms with Crippen molar-refractivity contribution in [2.24, 2.45) is 5.10 Å². The minimum absolute atomic E-state index is 0.0520. The number of nitrogens with one attached hydrogen (secondary N) is 1. The number of amides is 2. The number of nitrogens with zero attached hydrogens (tertiary/aromatic N) is 3. The Labute approximate surface area is 219 Å². The zero-order valence-electron chi connectivity index (χ0n) is 21.3. The number of hydrogen-bond acceptors (Lipinski definition) is 5. The van der Waals surface area contributed by atoms with Gasteiger partial charge in [0.05, 0.1) is 11.2 Å². The quantitative estimate of drug-likeness (QED) is 0.357. The van der Waals surface area contributed by atoms with Crippen LogP contribution in [-0.4, -0.2) is 28.6 Å². The first-order valence-electron chi connectivity index (χ1n) is 12.9. The minimum Gasteiger partial charge on any atom is -0.455 e. The predicted octanol–water partition coefficient (Wildman–Crippen LogP) is 5.73. The van der Waals surface area contributed by atoms with Crippen LogP contribution in [0.4, 0.5) is 10.1 Å². The fraction of sp³-hybridized carbons (Fsp3) is 0.267. The topological polar surface area (TPSA) is 87.8 Å². The van der Waals surface area contributed by atoms with Gasteiger partial charge in [0.15, 0.2) is 5.76 Å². The summed E-state index contributed by atoms with van der Waals surface area (Å²) in [5, 5.41) is 5.39. The van der Waals surface area contributed by atoms with Crippen molar-refractivity contribution in [3.8, 4) is 0 Å². The summed E-state index contributed by atoms with van der Waals surface area (Å²) in [6.07, 6.45) is 3.57. The highest BCUT2D eigenvalue weighted by Gasteiger charge is 2.35. The number of fused-ring (bicyclic) bond motifs is 3. The van der Waals surface area contributed by atoms with Crippen molar-refractivity contribution < 1.29 is 18.4 Å². The van der Waals surface area contributed by atoms with Gasteiger partial charge in [-0.25, -0.2) is 14.8 Å². The van der Waals surface area contributed by atoms with Crippen molar-refractivity contribution in [2.75, 3.05) is 4.90 Å². The van der Waals surface area contributed by atoms with Crippen molar-refractivity contribution in [2.45, 2.75) is 52.0 Å². The van der Waals surface area contributed by atoms with Gasteiger partial charge in [-0.1, -0.05) is 24.3 Å². The Kier molecular flexibility index (Phi) is 6.02.